The maximum atomic E-state index is 12.8. The monoisotopic (exact) mass is 526 g/mol. The number of hydrogen-bond donors (Lipinski definition) is 0. The topological polar surface area (TPSA) is 108 Å². The van der Waals surface area contributed by atoms with Crippen LogP contribution in [0.5, 0.6) is 0 Å². The van der Waals surface area contributed by atoms with Crippen molar-refractivity contribution in [3.05, 3.63) is 71.8 Å². The molecule has 4 aliphatic rings. The number of rotatable bonds is 5. The highest BCUT2D eigenvalue weighted by molar-refractivity contribution is 5.89. The van der Waals surface area contributed by atoms with Gasteiger partial charge in [-0.15, -0.1) is 0 Å². The highest BCUT2D eigenvalue weighted by Crippen LogP contribution is 2.47. The molecule has 2 aromatic carbocycles. The molecule has 10 nitrogen and oxygen atoms in total. The molecule has 4 fully saturated rings. The molecule has 0 saturated carbocycles. The quantitative estimate of drug-likeness (QED) is 0.539. The Morgan fingerprint density at radius 1 is 0.553 bits per heavy atom. The van der Waals surface area contributed by atoms with Crippen LogP contribution in [0.4, 0.5) is 0 Å². The van der Waals surface area contributed by atoms with E-state index in [0.717, 1.165) is 0 Å². The SMILES string of the molecule is CC1(C)O[C@@H]2[C@@H]([C@@H]3O[C@@H](OC(=O)c4ccccc4)[C@@H]4OC(C)(C)O[C@H]34)O[C@@H](OC(=O)c3ccccc3)[C@@H]2O1. The van der Waals surface area contributed by atoms with Gasteiger partial charge in [-0.1, -0.05) is 36.4 Å². The van der Waals surface area contributed by atoms with Crippen LogP contribution in [0.15, 0.2) is 60.7 Å². The van der Waals surface area contributed by atoms with Gasteiger partial charge in [-0.3, -0.25) is 0 Å². The second kappa shape index (κ2) is 9.41. The van der Waals surface area contributed by atoms with Crippen molar-refractivity contribution in [2.75, 3.05) is 0 Å². The molecule has 0 unspecified atom stereocenters. The van der Waals surface area contributed by atoms with Crippen molar-refractivity contribution in [1.82, 2.24) is 0 Å². The Labute approximate surface area is 220 Å². The summed E-state index contributed by atoms with van der Waals surface area (Å²) in [4.78, 5) is 25.6. The molecule has 0 spiro atoms. The lowest BCUT2D eigenvalue weighted by Gasteiger charge is -2.29. The van der Waals surface area contributed by atoms with Crippen LogP contribution in [-0.2, 0) is 37.9 Å². The minimum atomic E-state index is -1.05. The molecule has 0 aromatic heterocycles. The van der Waals surface area contributed by atoms with Crippen molar-refractivity contribution in [2.24, 2.45) is 0 Å². The summed E-state index contributed by atoms with van der Waals surface area (Å²) < 4.78 is 48.4. The van der Waals surface area contributed by atoms with Crippen LogP contribution in [0.1, 0.15) is 48.4 Å². The Balaban J connectivity index is 1.24. The van der Waals surface area contributed by atoms with E-state index in [1.54, 1.807) is 76.2 Å². The van der Waals surface area contributed by atoms with Crippen molar-refractivity contribution >= 4 is 11.9 Å². The second-order valence-electron chi connectivity index (χ2n) is 10.6. The Morgan fingerprint density at radius 2 is 0.895 bits per heavy atom. The zero-order chi connectivity index (χ0) is 26.7. The largest absolute Gasteiger partial charge is 0.429 e. The highest BCUT2D eigenvalue weighted by Gasteiger charge is 2.66. The first kappa shape index (κ1) is 25.4. The van der Waals surface area contributed by atoms with Crippen LogP contribution < -0.4 is 0 Å². The van der Waals surface area contributed by atoms with Crippen molar-refractivity contribution in [2.45, 2.75) is 88.5 Å². The van der Waals surface area contributed by atoms with E-state index in [-0.39, 0.29) is 0 Å². The minimum Gasteiger partial charge on any atom is -0.429 e. The van der Waals surface area contributed by atoms with Gasteiger partial charge in [0.25, 0.3) is 0 Å². The van der Waals surface area contributed by atoms with Crippen LogP contribution in [0.3, 0.4) is 0 Å². The van der Waals surface area contributed by atoms with Crippen molar-refractivity contribution in [3.8, 4) is 0 Å². The lowest BCUT2D eigenvalue weighted by atomic mass is 10.0. The number of benzene rings is 2. The molecular formula is C28H30O10. The van der Waals surface area contributed by atoms with Gasteiger partial charge in [0.1, 0.15) is 24.4 Å². The molecule has 6 rings (SSSR count). The zero-order valence-corrected chi connectivity index (χ0v) is 21.5. The summed E-state index contributed by atoms with van der Waals surface area (Å²) in [6.45, 7) is 7.11. The third kappa shape index (κ3) is 4.72. The highest BCUT2D eigenvalue weighted by atomic mass is 16.8. The van der Waals surface area contributed by atoms with E-state index in [1.165, 1.54) is 0 Å². The van der Waals surface area contributed by atoms with Gasteiger partial charge in [0, 0.05) is 0 Å². The molecule has 0 radical (unpaired) electrons. The van der Waals surface area contributed by atoms with Gasteiger partial charge in [-0.2, -0.15) is 0 Å². The predicted octanol–water partition coefficient (Wildman–Crippen LogP) is 3.19. The fraction of sp³-hybridized carbons (Fsp3) is 0.500. The normalized spacial score (nSPS) is 36.4. The minimum absolute atomic E-state index is 0.383. The number of carbonyl (C=O) groups is 2. The molecule has 0 aliphatic carbocycles. The summed E-state index contributed by atoms with van der Waals surface area (Å²) >= 11 is 0. The lowest BCUT2D eigenvalue weighted by molar-refractivity contribution is -0.259. The summed E-state index contributed by atoms with van der Waals surface area (Å²) in [5.74, 6) is -2.99. The molecule has 4 heterocycles. The van der Waals surface area contributed by atoms with Crippen molar-refractivity contribution in [3.63, 3.8) is 0 Å². The predicted molar refractivity (Wildman–Crippen MR) is 129 cm³/mol. The molecule has 38 heavy (non-hydrogen) atoms. The Morgan fingerprint density at radius 3 is 1.26 bits per heavy atom. The fourth-order valence-electron chi connectivity index (χ4n) is 5.40. The van der Waals surface area contributed by atoms with E-state index in [2.05, 4.69) is 0 Å². The van der Waals surface area contributed by atoms with Gasteiger partial charge in [0.05, 0.1) is 11.1 Å². The summed E-state index contributed by atoms with van der Waals surface area (Å²) in [5.41, 5.74) is 0.766. The van der Waals surface area contributed by atoms with Gasteiger partial charge in [-0.25, -0.2) is 9.59 Å². The van der Waals surface area contributed by atoms with Crippen molar-refractivity contribution < 1.29 is 47.5 Å². The molecular weight excluding hydrogens is 496 g/mol. The van der Waals surface area contributed by atoms with Gasteiger partial charge < -0.3 is 37.9 Å². The molecule has 4 saturated heterocycles. The lowest BCUT2D eigenvalue weighted by Crippen LogP contribution is -2.45. The summed E-state index contributed by atoms with van der Waals surface area (Å²) in [5, 5.41) is 0. The maximum Gasteiger partial charge on any atom is 0.340 e. The smallest absolute Gasteiger partial charge is 0.340 e. The van der Waals surface area contributed by atoms with E-state index < -0.39 is 72.7 Å². The molecule has 0 N–H and O–H groups in total. The van der Waals surface area contributed by atoms with E-state index in [1.807, 2.05) is 12.1 Å². The van der Waals surface area contributed by atoms with Crippen LogP contribution >= 0.6 is 0 Å². The van der Waals surface area contributed by atoms with Crippen LogP contribution in [0, 0.1) is 0 Å². The number of ether oxygens (including phenoxy) is 8. The zero-order valence-electron chi connectivity index (χ0n) is 21.5. The average Bonchev–Trinajstić information content (AvgIpc) is 3.57. The molecule has 202 valence electrons. The average molecular weight is 527 g/mol. The standard InChI is InChI=1S/C28H30O10/c1-27(2)35-19-17(31-25(21(19)37-27)33-23(29)15-11-7-5-8-12-15)18-20-22(38-28(3,4)36-20)26(32-18)34-24(30)16-13-9-6-10-14-16/h5-14,17-22,25-26H,1-4H3/t17-,18+,19-,20-,21-,22-,25+,26+/m1/s1. The Kier molecular flexibility index (Phi) is 6.29. The summed E-state index contributed by atoms with van der Waals surface area (Å²) in [7, 11) is 0. The summed E-state index contributed by atoms with van der Waals surface area (Å²) in [6, 6.07) is 17.2. The number of esters is 2. The van der Waals surface area contributed by atoms with E-state index in [0.29, 0.717) is 11.1 Å². The molecule has 0 bridgehead atoms. The number of fused-ring (bicyclic) bond motifs is 2. The van der Waals surface area contributed by atoms with E-state index >= 15 is 0 Å². The van der Waals surface area contributed by atoms with Crippen molar-refractivity contribution in [1.29, 1.82) is 0 Å². The molecule has 2 aromatic rings. The third-order valence-corrected chi connectivity index (χ3v) is 6.88. The van der Waals surface area contributed by atoms with Crippen LogP contribution in [0.25, 0.3) is 0 Å². The number of hydrogen-bond acceptors (Lipinski definition) is 10. The molecule has 10 heteroatoms. The number of carbonyl (C=O) groups excluding carboxylic acids is 2. The first-order valence-electron chi connectivity index (χ1n) is 12.6. The summed E-state index contributed by atoms with van der Waals surface area (Å²) in [6.07, 6.45) is -6.32. The molecule has 8 atom stereocenters. The third-order valence-electron chi connectivity index (χ3n) is 6.88. The van der Waals surface area contributed by atoms with E-state index in [9.17, 15) is 9.59 Å². The fourth-order valence-corrected chi connectivity index (χ4v) is 5.40. The first-order chi connectivity index (χ1) is 18.1. The van der Waals surface area contributed by atoms with Gasteiger partial charge in [-0.05, 0) is 52.0 Å². The van der Waals surface area contributed by atoms with E-state index in [4.69, 9.17) is 37.9 Å². The maximum absolute atomic E-state index is 12.8. The second-order valence-corrected chi connectivity index (χ2v) is 10.6. The van der Waals surface area contributed by atoms with Gasteiger partial charge >= 0.3 is 11.9 Å². The first-order valence-corrected chi connectivity index (χ1v) is 12.6. The Hall–Kier alpha value is -2.86. The van der Waals surface area contributed by atoms with Crippen LogP contribution in [0.2, 0.25) is 0 Å². The van der Waals surface area contributed by atoms with Crippen LogP contribution in [-0.4, -0.2) is 72.7 Å². The Bertz CT molecular complexity index is 1090. The van der Waals surface area contributed by atoms with Gasteiger partial charge in [0.15, 0.2) is 23.8 Å². The van der Waals surface area contributed by atoms with Gasteiger partial charge in [0.2, 0.25) is 12.6 Å². The molecule has 0 amide bonds. The molecule has 4 aliphatic heterocycles.